The van der Waals surface area contributed by atoms with E-state index in [2.05, 4.69) is 22.4 Å². The van der Waals surface area contributed by atoms with Crippen LogP contribution in [0.1, 0.15) is 62.7 Å². The van der Waals surface area contributed by atoms with Crippen LogP contribution in [0.5, 0.6) is 0 Å². The zero-order valence-electron chi connectivity index (χ0n) is 9.78. The van der Waals surface area contributed by atoms with E-state index in [4.69, 9.17) is 4.52 Å². The normalized spacial score (nSPS) is 34.7. The summed E-state index contributed by atoms with van der Waals surface area (Å²) in [4.78, 5) is 4.57. The molecule has 2 heterocycles. The highest BCUT2D eigenvalue weighted by Gasteiger charge is 2.29. The predicted octanol–water partition coefficient (Wildman–Crippen LogP) is 2.40. The molecule has 88 valence electrons. The van der Waals surface area contributed by atoms with E-state index in [1.54, 1.807) is 0 Å². The van der Waals surface area contributed by atoms with E-state index < -0.39 is 0 Å². The predicted molar refractivity (Wildman–Crippen MR) is 60.0 cm³/mol. The SMILES string of the molecule is CC1CCC(c2noc(C3CCCN3)n2)C1. The largest absolute Gasteiger partial charge is 0.338 e. The first-order chi connectivity index (χ1) is 7.83. The van der Waals surface area contributed by atoms with Crippen LogP contribution in [0.15, 0.2) is 4.52 Å². The van der Waals surface area contributed by atoms with Crippen LogP contribution in [0.2, 0.25) is 0 Å². The lowest BCUT2D eigenvalue weighted by Crippen LogP contribution is -2.13. The highest BCUT2D eigenvalue weighted by atomic mass is 16.5. The fraction of sp³-hybridized carbons (Fsp3) is 0.833. The average molecular weight is 221 g/mol. The fourth-order valence-electron chi connectivity index (χ4n) is 2.89. The molecular formula is C12H19N3O. The lowest BCUT2D eigenvalue weighted by Gasteiger charge is -2.03. The highest BCUT2D eigenvalue weighted by Crippen LogP contribution is 2.37. The molecule has 1 aromatic rings. The van der Waals surface area contributed by atoms with E-state index in [0.717, 1.165) is 30.6 Å². The second-order valence-electron chi connectivity index (χ2n) is 5.25. The molecule has 1 aromatic heterocycles. The van der Waals surface area contributed by atoms with Crippen LogP contribution < -0.4 is 5.32 Å². The van der Waals surface area contributed by atoms with Gasteiger partial charge in [-0.05, 0) is 44.6 Å². The molecule has 1 aliphatic heterocycles. The second kappa shape index (κ2) is 4.17. The molecule has 3 unspecified atom stereocenters. The summed E-state index contributed by atoms with van der Waals surface area (Å²) in [6, 6.07) is 0.306. The lowest BCUT2D eigenvalue weighted by atomic mass is 10.1. The molecule has 3 atom stereocenters. The van der Waals surface area contributed by atoms with Crippen LogP contribution in [0.25, 0.3) is 0 Å². The van der Waals surface area contributed by atoms with Gasteiger partial charge < -0.3 is 9.84 Å². The standard InChI is InChI=1S/C12H19N3O/c1-8-4-5-9(7-8)11-14-12(16-15-11)10-3-2-6-13-10/h8-10,13H,2-7H2,1H3. The number of aromatic nitrogens is 2. The van der Waals surface area contributed by atoms with Crippen LogP contribution in [-0.4, -0.2) is 16.7 Å². The Morgan fingerprint density at radius 1 is 1.31 bits per heavy atom. The third kappa shape index (κ3) is 1.86. The number of nitrogens with zero attached hydrogens (tertiary/aromatic N) is 2. The van der Waals surface area contributed by atoms with Gasteiger partial charge in [-0.1, -0.05) is 12.1 Å². The smallest absolute Gasteiger partial charge is 0.243 e. The minimum atomic E-state index is 0.306. The van der Waals surface area contributed by atoms with Gasteiger partial charge in [-0.3, -0.25) is 0 Å². The molecule has 1 saturated carbocycles. The Morgan fingerprint density at radius 3 is 2.94 bits per heavy atom. The molecular weight excluding hydrogens is 202 g/mol. The zero-order valence-corrected chi connectivity index (χ0v) is 9.78. The minimum Gasteiger partial charge on any atom is -0.338 e. The molecule has 0 amide bonds. The molecule has 4 heteroatoms. The molecule has 1 aliphatic carbocycles. The number of nitrogens with one attached hydrogen (secondary N) is 1. The van der Waals surface area contributed by atoms with Crippen molar-refractivity contribution in [1.29, 1.82) is 0 Å². The Labute approximate surface area is 95.8 Å². The van der Waals surface area contributed by atoms with Crippen molar-refractivity contribution in [2.24, 2.45) is 5.92 Å². The first-order valence-corrected chi connectivity index (χ1v) is 6.40. The highest BCUT2D eigenvalue weighted by molar-refractivity contribution is 5.02. The fourth-order valence-corrected chi connectivity index (χ4v) is 2.89. The van der Waals surface area contributed by atoms with Gasteiger partial charge in [0.05, 0.1) is 6.04 Å². The maximum absolute atomic E-state index is 5.37. The summed E-state index contributed by atoms with van der Waals surface area (Å²) < 4.78 is 5.37. The van der Waals surface area contributed by atoms with Crippen molar-refractivity contribution in [2.75, 3.05) is 6.54 Å². The maximum Gasteiger partial charge on any atom is 0.243 e. The Bertz CT molecular complexity index is 357. The van der Waals surface area contributed by atoms with Gasteiger partial charge in [-0.15, -0.1) is 0 Å². The summed E-state index contributed by atoms with van der Waals surface area (Å²) in [5.74, 6) is 3.09. The van der Waals surface area contributed by atoms with E-state index in [9.17, 15) is 0 Å². The van der Waals surface area contributed by atoms with Gasteiger partial charge in [-0.25, -0.2) is 0 Å². The summed E-state index contributed by atoms with van der Waals surface area (Å²) in [7, 11) is 0. The van der Waals surface area contributed by atoms with E-state index in [0.29, 0.717) is 12.0 Å². The molecule has 1 N–H and O–H groups in total. The zero-order chi connectivity index (χ0) is 11.0. The molecule has 0 bridgehead atoms. The van der Waals surface area contributed by atoms with Crippen LogP contribution in [0.3, 0.4) is 0 Å². The van der Waals surface area contributed by atoms with Crippen molar-refractivity contribution in [2.45, 2.75) is 51.0 Å². The van der Waals surface area contributed by atoms with Crippen molar-refractivity contribution in [1.82, 2.24) is 15.5 Å². The average Bonchev–Trinajstić information content (AvgIpc) is 2.97. The first-order valence-electron chi connectivity index (χ1n) is 6.40. The number of hydrogen-bond donors (Lipinski definition) is 1. The van der Waals surface area contributed by atoms with Gasteiger partial charge in [0.1, 0.15) is 0 Å². The Balaban J connectivity index is 1.72. The van der Waals surface area contributed by atoms with E-state index in [1.165, 1.54) is 25.7 Å². The van der Waals surface area contributed by atoms with Crippen LogP contribution >= 0.6 is 0 Å². The molecule has 0 radical (unpaired) electrons. The van der Waals surface area contributed by atoms with Gasteiger partial charge in [0.25, 0.3) is 0 Å². The van der Waals surface area contributed by atoms with Crippen molar-refractivity contribution >= 4 is 0 Å². The minimum absolute atomic E-state index is 0.306. The Hall–Kier alpha value is -0.900. The van der Waals surface area contributed by atoms with Gasteiger partial charge in [-0.2, -0.15) is 4.98 Å². The van der Waals surface area contributed by atoms with Gasteiger partial charge in [0.15, 0.2) is 5.82 Å². The lowest BCUT2D eigenvalue weighted by molar-refractivity contribution is 0.339. The third-order valence-electron chi connectivity index (χ3n) is 3.88. The second-order valence-corrected chi connectivity index (χ2v) is 5.25. The van der Waals surface area contributed by atoms with Crippen molar-refractivity contribution in [3.63, 3.8) is 0 Å². The summed E-state index contributed by atoms with van der Waals surface area (Å²) in [6.45, 7) is 3.38. The third-order valence-corrected chi connectivity index (χ3v) is 3.88. The van der Waals surface area contributed by atoms with Crippen LogP contribution in [0.4, 0.5) is 0 Å². The summed E-state index contributed by atoms with van der Waals surface area (Å²) in [5, 5.41) is 7.54. The monoisotopic (exact) mass is 221 g/mol. The topological polar surface area (TPSA) is 51.0 Å². The molecule has 4 nitrogen and oxygen atoms in total. The van der Waals surface area contributed by atoms with Crippen molar-refractivity contribution in [3.05, 3.63) is 11.7 Å². The van der Waals surface area contributed by atoms with Crippen LogP contribution in [0, 0.1) is 5.92 Å². The van der Waals surface area contributed by atoms with E-state index >= 15 is 0 Å². The van der Waals surface area contributed by atoms with Crippen LogP contribution in [-0.2, 0) is 0 Å². The van der Waals surface area contributed by atoms with Gasteiger partial charge >= 0.3 is 0 Å². The van der Waals surface area contributed by atoms with Crippen molar-refractivity contribution < 1.29 is 4.52 Å². The van der Waals surface area contributed by atoms with Gasteiger partial charge in [0.2, 0.25) is 5.89 Å². The molecule has 2 fully saturated rings. The molecule has 0 spiro atoms. The molecule has 16 heavy (non-hydrogen) atoms. The summed E-state index contributed by atoms with van der Waals surface area (Å²) in [5.41, 5.74) is 0. The number of rotatable bonds is 2. The summed E-state index contributed by atoms with van der Waals surface area (Å²) in [6.07, 6.45) is 6.08. The quantitative estimate of drug-likeness (QED) is 0.833. The van der Waals surface area contributed by atoms with Gasteiger partial charge in [0, 0.05) is 5.92 Å². The molecule has 0 aromatic carbocycles. The van der Waals surface area contributed by atoms with E-state index in [1.807, 2.05) is 0 Å². The first kappa shape index (κ1) is 10.3. The molecule has 3 rings (SSSR count). The molecule has 1 saturated heterocycles. The summed E-state index contributed by atoms with van der Waals surface area (Å²) >= 11 is 0. The number of hydrogen-bond acceptors (Lipinski definition) is 4. The van der Waals surface area contributed by atoms with E-state index in [-0.39, 0.29) is 0 Å². The Morgan fingerprint density at radius 2 is 2.25 bits per heavy atom. The maximum atomic E-state index is 5.37. The van der Waals surface area contributed by atoms with Crippen molar-refractivity contribution in [3.8, 4) is 0 Å². The molecule has 2 aliphatic rings. The Kier molecular flexibility index (Phi) is 2.67.